The minimum atomic E-state index is 0.451. The van der Waals surface area contributed by atoms with Crippen LogP contribution in [0.1, 0.15) is 18.4 Å². The summed E-state index contributed by atoms with van der Waals surface area (Å²) in [6, 6.07) is 6.81. The van der Waals surface area contributed by atoms with Gasteiger partial charge >= 0.3 is 0 Å². The molecule has 0 amide bonds. The van der Waals surface area contributed by atoms with E-state index in [1.807, 2.05) is 0 Å². The standard InChI is InChI=1S/C20H29N5O/c1-16-4-5-19-18(13-16)20(22-15-21-19)23-17-3-2-6-25(14-17)8-7-24-9-11-26-12-10-24/h4-5,13,15,17H,2-3,6-12,14H2,1H3,(H,21,22,23). The van der Waals surface area contributed by atoms with Gasteiger partial charge in [0.1, 0.15) is 12.1 Å². The molecule has 2 aromatic rings. The number of nitrogens with one attached hydrogen (secondary N) is 1. The molecule has 2 aliphatic heterocycles. The van der Waals surface area contributed by atoms with E-state index >= 15 is 0 Å². The predicted octanol–water partition coefficient (Wildman–Crippen LogP) is 2.15. The highest BCUT2D eigenvalue weighted by Crippen LogP contribution is 2.23. The Morgan fingerprint density at radius 2 is 1.96 bits per heavy atom. The molecule has 0 saturated carbocycles. The molecule has 4 rings (SSSR count). The fourth-order valence-corrected chi connectivity index (χ4v) is 3.96. The molecular weight excluding hydrogens is 326 g/mol. The number of likely N-dealkylation sites (tertiary alicyclic amines) is 1. The van der Waals surface area contributed by atoms with Crippen molar-refractivity contribution in [1.29, 1.82) is 0 Å². The summed E-state index contributed by atoms with van der Waals surface area (Å²) in [7, 11) is 0. The minimum absolute atomic E-state index is 0.451. The summed E-state index contributed by atoms with van der Waals surface area (Å²) in [5, 5.41) is 4.82. The van der Waals surface area contributed by atoms with Crippen molar-refractivity contribution in [2.24, 2.45) is 0 Å². The fourth-order valence-electron chi connectivity index (χ4n) is 3.96. The zero-order valence-corrected chi connectivity index (χ0v) is 15.7. The summed E-state index contributed by atoms with van der Waals surface area (Å²) in [6.45, 7) is 10.6. The van der Waals surface area contributed by atoms with Crippen molar-refractivity contribution in [2.75, 3.05) is 57.8 Å². The molecule has 0 radical (unpaired) electrons. The van der Waals surface area contributed by atoms with E-state index in [0.717, 1.165) is 62.7 Å². The number of hydrogen-bond acceptors (Lipinski definition) is 6. The molecule has 140 valence electrons. The second-order valence-corrected chi connectivity index (χ2v) is 7.48. The molecule has 1 aromatic heterocycles. The summed E-state index contributed by atoms with van der Waals surface area (Å²) in [4.78, 5) is 14.0. The van der Waals surface area contributed by atoms with Crippen molar-refractivity contribution >= 4 is 16.7 Å². The molecule has 6 nitrogen and oxygen atoms in total. The predicted molar refractivity (Wildman–Crippen MR) is 105 cm³/mol. The zero-order chi connectivity index (χ0) is 17.8. The van der Waals surface area contributed by atoms with E-state index in [-0.39, 0.29) is 0 Å². The lowest BCUT2D eigenvalue weighted by atomic mass is 10.1. The van der Waals surface area contributed by atoms with Gasteiger partial charge in [-0.3, -0.25) is 4.90 Å². The van der Waals surface area contributed by atoms with Crippen LogP contribution in [0.5, 0.6) is 0 Å². The van der Waals surface area contributed by atoms with Gasteiger partial charge in [-0.25, -0.2) is 9.97 Å². The molecule has 0 bridgehead atoms. The SMILES string of the molecule is Cc1ccc2ncnc(NC3CCCN(CCN4CCOCC4)C3)c2c1. The number of aryl methyl sites for hydroxylation is 1. The Hall–Kier alpha value is -1.76. The topological polar surface area (TPSA) is 53.5 Å². The molecule has 3 heterocycles. The first kappa shape index (κ1) is 17.6. The Balaban J connectivity index is 1.37. The number of fused-ring (bicyclic) bond motifs is 1. The molecule has 1 N–H and O–H groups in total. The van der Waals surface area contributed by atoms with Crippen molar-refractivity contribution in [1.82, 2.24) is 19.8 Å². The van der Waals surface area contributed by atoms with Crippen LogP contribution in [0.3, 0.4) is 0 Å². The van der Waals surface area contributed by atoms with Crippen molar-refractivity contribution in [3.05, 3.63) is 30.1 Å². The molecular formula is C20H29N5O. The molecule has 0 spiro atoms. The molecule has 2 saturated heterocycles. The van der Waals surface area contributed by atoms with Gasteiger partial charge in [0.2, 0.25) is 0 Å². The van der Waals surface area contributed by atoms with Crippen molar-refractivity contribution in [3.63, 3.8) is 0 Å². The van der Waals surface area contributed by atoms with Gasteiger partial charge in [0.15, 0.2) is 0 Å². The van der Waals surface area contributed by atoms with Gasteiger partial charge in [-0.2, -0.15) is 0 Å². The summed E-state index contributed by atoms with van der Waals surface area (Å²) in [5.41, 5.74) is 2.25. The normalized spacial score (nSPS) is 22.6. The maximum Gasteiger partial charge on any atom is 0.137 e. The number of nitrogens with zero attached hydrogens (tertiary/aromatic N) is 4. The molecule has 2 aliphatic rings. The van der Waals surface area contributed by atoms with Crippen molar-refractivity contribution in [2.45, 2.75) is 25.8 Å². The van der Waals surface area contributed by atoms with Gasteiger partial charge in [0.05, 0.1) is 18.7 Å². The number of aromatic nitrogens is 2. The Labute approximate surface area is 155 Å². The van der Waals surface area contributed by atoms with Crippen LogP contribution in [-0.4, -0.2) is 78.3 Å². The van der Waals surface area contributed by atoms with Gasteiger partial charge in [0.25, 0.3) is 0 Å². The lowest BCUT2D eigenvalue weighted by Gasteiger charge is -2.35. The fraction of sp³-hybridized carbons (Fsp3) is 0.600. The molecule has 0 aliphatic carbocycles. The largest absolute Gasteiger partial charge is 0.379 e. The van der Waals surface area contributed by atoms with E-state index in [4.69, 9.17) is 4.74 Å². The first-order chi connectivity index (χ1) is 12.8. The number of hydrogen-bond donors (Lipinski definition) is 1. The molecule has 2 fully saturated rings. The van der Waals surface area contributed by atoms with E-state index in [9.17, 15) is 0 Å². The minimum Gasteiger partial charge on any atom is -0.379 e. The van der Waals surface area contributed by atoms with Crippen molar-refractivity contribution < 1.29 is 4.74 Å². The number of rotatable bonds is 5. The zero-order valence-electron chi connectivity index (χ0n) is 15.7. The van der Waals surface area contributed by atoms with Crippen LogP contribution in [-0.2, 0) is 4.74 Å². The second-order valence-electron chi connectivity index (χ2n) is 7.48. The highest BCUT2D eigenvalue weighted by atomic mass is 16.5. The van der Waals surface area contributed by atoms with Crippen molar-refractivity contribution in [3.8, 4) is 0 Å². The smallest absolute Gasteiger partial charge is 0.137 e. The molecule has 26 heavy (non-hydrogen) atoms. The molecule has 6 heteroatoms. The van der Waals surface area contributed by atoms with E-state index < -0.39 is 0 Å². The monoisotopic (exact) mass is 355 g/mol. The van der Waals surface area contributed by atoms with Crippen LogP contribution in [0.2, 0.25) is 0 Å². The van der Waals surface area contributed by atoms with Crippen LogP contribution >= 0.6 is 0 Å². The van der Waals surface area contributed by atoms with Gasteiger partial charge in [0, 0.05) is 44.2 Å². The van der Waals surface area contributed by atoms with Crippen LogP contribution in [0.15, 0.2) is 24.5 Å². The third kappa shape index (κ3) is 4.31. The van der Waals surface area contributed by atoms with Crippen LogP contribution in [0.4, 0.5) is 5.82 Å². The molecule has 1 atom stereocenters. The lowest BCUT2D eigenvalue weighted by molar-refractivity contribution is 0.0321. The number of ether oxygens (including phenoxy) is 1. The number of anilines is 1. The van der Waals surface area contributed by atoms with E-state index in [2.05, 4.69) is 50.2 Å². The third-order valence-electron chi connectivity index (χ3n) is 5.47. The van der Waals surface area contributed by atoms with Gasteiger partial charge in [-0.15, -0.1) is 0 Å². The van der Waals surface area contributed by atoms with Crippen LogP contribution < -0.4 is 5.32 Å². The average Bonchev–Trinajstić information content (AvgIpc) is 2.68. The average molecular weight is 355 g/mol. The molecule has 1 unspecified atom stereocenters. The van der Waals surface area contributed by atoms with Gasteiger partial charge in [-0.05, 0) is 38.4 Å². The van der Waals surface area contributed by atoms with E-state index in [1.165, 1.54) is 24.9 Å². The third-order valence-corrected chi connectivity index (χ3v) is 5.47. The lowest BCUT2D eigenvalue weighted by Crippen LogP contribution is -2.46. The summed E-state index contributed by atoms with van der Waals surface area (Å²) < 4.78 is 5.44. The Kier molecular flexibility index (Phi) is 5.62. The van der Waals surface area contributed by atoms with E-state index in [0.29, 0.717) is 6.04 Å². The first-order valence-corrected chi connectivity index (χ1v) is 9.78. The van der Waals surface area contributed by atoms with E-state index in [1.54, 1.807) is 6.33 Å². The van der Waals surface area contributed by atoms with Gasteiger partial charge < -0.3 is 15.0 Å². The van der Waals surface area contributed by atoms with Crippen LogP contribution in [0, 0.1) is 6.92 Å². The maximum atomic E-state index is 5.44. The summed E-state index contributed by atoms with van der Waals surface area (Å²) in [5.74, 6) is 0.971. The second kappa shape index (κ2) is 8.29. The number of piperidine rings is 1. The molecule has 1 aromatic carbocycles. The highest BCUT2D eigenvalue weighted by Gasteiger charge is 2.21. The highest BCUT2D eigenvalue weighted by molar-refractivity contribution is 5.89. The number of morpholine rings is 1. The van der Waals surface area contributed by atoms with Crippen LogP contribution in [0.25, 0.3) is 10.9 Å². The maximum absolute atomic E-state index is 5.44. The Morgan fingerprint density at radius 1 is 1.12 bits per heavy atom. The van der Waals surface area contributed by atoms with Gasteiger partial charge in [-0.1, -0.05) is 11.6 Å². The first-order valence-electron chi connectivity index (χ1n) is 9.78. The summed E-state index contributed by atoms with van der Waals surface area (Å²) >= 11 is 0. The Bertz CT molecular complexity index is 731. The quantitative estimate of drug-likeness (QED) is 0.887. The summed E-state index contributed by atoms with van der Waals surface area (Å²) in [6.07, 6.45) is 4.10. The Morgan fingerprint density at radius 3 is 2.85 bits per heavy atom. The number of benzene rings is 1.